The Morgan fingerprint density at radius 1 is 1.26 bits per heavy atom. The van der Waals surface area contributed by atoms with Gasteiger partial charge in [-0.25, -0.2) is 9.98 Å². The maximum absolute atomic E-state index is 10.6. The highest BCUT2D eigenvalue weighted by atomic mass is 16.3. The molecule has 1 unspecified atom stereocenters. The normalized spacial score (nSPS) is 13.9. The SMILES string of the molecule is CCNC(=NCC(C)(O)c1cnn(C)c1)NCCCCNc1ccccn1. The van der Waals surface area contributed by atoms with Crippen molar-refractivity contribution in [3.8, 4) is 0 Å². The summed E-state index contributed by atoms with van der Waals surface area (Å²) in [5, 5.41) is 24.6. The third-order valence-electron chi connectivity index (χ3n) is 4.08. The number of unbranched alkanes of at least 4 members (excludes halogenated alkanes) is 1. The first-order valence-electron chi connectivity index (χ1n) is 9.40. The topological polar surface area (TPSA) is 99.4 Å². The Morgan fingerprint density at radius 3 is 2.74 bits per heavy atom. The quantitative estimate of drug-likeness (QED) is 0.286. The fraction of sp³-hybridized carbons (Fsp3) is 0.526. The summed E-state index contributed by atoms with van der Waals surface area (Å²) in [4.78, 5) is 8.76. The number of anilines is 1. The second-order valence-electron chi connectivity index (χ2n) is 6.65. The molecule has 0 bridgehead atoms. The maximum atomic E-state index is 10.6. The molecule has 148 valence electrons. The molecule has 2 heterocycles. The molecule has 0 aliphatic heterocycles. The lowest BCUT2D eigenvalue weighted by atomic mass is 10.0. The van der Waals surface area contributed by atoms with Crippen LogP contribution in [0.15, 0.2) is 41.8 Å². The number of rotatable bonds is 10. The highest BCUT2D eigenvalue weighted by molar-refractivity contribution is 5.79. The minimum absolute atomic E-state index is 0.259. The Morgan fingerprint density at radius 2 is 2.07 bits per heavy atom. The lowest BCUT2D eigenvalue weighted by Crippen LogP contribution is -2.39. The summed E-state index contributed by atoms with van der Waals surface area (Å²) in [6, 6.07) is 5.83. The van der Waals surface area contributed by atoms with Gasteiger partial charge in [-0.3, -0.25) is 4.68 Å². The van der Waals surface area contributed by atoms with Crippen LogP contribution in [-0.4, -0.2) is 52.0 Å². The summed E-state index contributed by atoms with van der Waals surface area (Å²) in [7, 11) is 1.83. The van der Waals surface area contributed by atoms with Gasteiger partial charge >= 0.3 is 0 Å². The molecular weight excluding hydrogens is 342 g/mol. The second-order valence-corrected chi connectivity index (χ2v) is 6.65. The molecule has 0 spiro atoms. The highest BCUT2D eigenvalue weighted by Gasteiger charge is 2.24. The molecule has 1 atom stereocenters. The molecule has 8 heteroatoms. The van der Waals surface area contributed by atoms with Crippen LogP contribution in [0.5, 0.6) is 0 Å². The molecule has 0 fully saturated rings. The Balaban J connectivity index is 1.73. The van der Waals surface area contributed by atoms with Crippen molar-refractivity contribution in [1.82, 2.24) is 25.4 Å². The first-order chi connectivity index (χ1) is 13.0. The van der Waals surface area contributed by atoms with Crippen molar-refractivity contribution in [2.24, 2.45) is 12.0 Å². The molecule has 8 nitrogen and oxygen atoms in total. The summed E-state index contributed by atoms with van der Waals surface area (Å²) in [6.07, 6.45) is 7.29. The van der Waals surface area contributed by atoms with E-state index in [1.165, 1.54) is 0 Å². The summed E-state index contributed by atoms with van der Waals surface area (Å²) in [5.41, 5.74) is -0.298. The summed E-state index contributed by atoms with van der Waals surface area (Å²) in [5.74, 6) is 1.61. The third kappa shape index (κ3) is 7.26. The molecule has 2 rings (SSSR count). The molecule has 2 aromatic heterocycles. The van der Waals surface area contributed by atoms with E-state index in [9.17, 15) is 5.11 Å². The second kappa shape index (κ2) is 10.5. The van der Waals surface area contributed by atoms with E-state index in [-0.39, 0.29) is 6.54 Å². The zero-order chi connectivity index (χ0) is 19.5. The van der Waals surface area contributed by atoms with Crippen molar-refractivity contribution >= 4 is 11.8 Å². The minimum Gasteiger partial charge on any atom is -0.383 e. The van der Waals surface area contributed by atoms with Crippen LogP contribution in [-0.2, 0) is 12.6 Å². The molecule has 0 aliphatic rings. The molecule has 4 N–H and O–H groups in total. The molecular formula is C19H31N7O. The molecule has 0 saturated heterocycles. The highest BCUT2D eigenvalue weighted by Crippen LogP contribution is 2.19. The summed E-state index contributed by atoms with van der Waals surface area (Å²) >= 11 is 0. The van der Waals surface area contributed by atoms with Crippen molar-refractivity contribution in [3.05, 3.63) is 42.4 Å². The molecule has 0 aliphatic carbocycles. The van der Waals surface area contributed by atoms with Crippen molar-refractivity contribution in [3.63, 3.8) is 0 Å². The summed E-state index contributed by atoms with van der Waals surface area (Å²) in [6.45, 7) is 6.48. The van der Waals surface area contributed by atoms with E-state index < -0.39 is 5.60 Å². The van der Waals surface area contributed by atoms with E-state index in [0.29, 0.717) is 5.96 Å². The van der Waals surface area contributed by atoms with E-state index in [2.05, 4.69) is 31.0 Å². The first kappa shape index (κ1) is 20.7. The van der Waals surface area contributed by atoms with Crippen molar-refractivity contribution in [2.75, 3.05) is 31.5 Å². The van der Waals surface area contributed by atoms with Gasteiger partial charge in [0.25, 0.3) is 0 Å². The van der Waals surface area contributed by atoms with Gasteiger partial charge in [-0.05, 0) is 38.8 Å². The largest absolute Gasteiger partial charge is 0.383 e. The molecule has 0 aromatic carbocycles. The van der Waals surface area contributed by atoms with Crippen LogP contribution in [0.3, 0.4) is 0 Å². The van der Waals surface area contributed by atoms with Crippen LogP contribution in [0.2, 0.25) is 0 Å². The molecule has 2 aromatic rings. The van der Waals surface area contributed by atoms with Gasteiger partial charge in [0.05, 0.1) is 12.7 Å². The van der Waals surface area contributed by atoms with Gasteiger partial charge < -0.3 is 21.1 Å². The Kier molecular flexibility index (Phi) is 8.06. The fourth-order valence-electron chi connectivity index (χ4n) is 2.51. The molecule has 0 saturated carbocycles. The van der Waals surface area contributed by atoms with E-state index in [1.807, 2.05) is 38.4 Å². The van der Waals surface area contributed by atoms with Crippen LogP contribution in [0.4, 0.5) is 5.82 Å². The Labute approximate surface area is 161 Å². The zero-order valence-electron chi connectivity index (χ0n) is 16.4. The van der Waals surface area contributed by atoms with Crippen LogP contribution >= 0.6 is 0 Å². The number of hydrogen-bond donors (Lipinski definition) is 4. The van der Waals surface area contributed by atoms with Gasteiger partial charge in [0, 0.05) is 44.6 Å². The number of aliphatic hydroxyl groups is 1. The maximum Gasteiger partial charge on any atom is 0.191 e. The number of guanidine groups is 1. The van der Waals surface area contributed by atoms with Gasteiger partial charge in [-0.15, -0.1) is 0 Å². The number of pyridine rings is 1. The van der Waals surface area contributed by atoms with Crippen molar-refractivity contribution in [1.29, 1.82) is 0 Å². The fourth-order valence-corrected chi connectivity index (χ4v) is 2.51. The van der Waals surface area contributed by atoms with E-state index in [0.717, 1.165) is 43.9 Å². The Bertz CT molecular complexity index is 697. The molecule has 27 heavy (non-hydrogen) atoms. The van der Waals surface area contributed by atoms with Crippen LogP contribution in [0, 0.1) is 0 Å². The number of hydrogen-bond acceptors (Lipinski definition) is 5. The van der Waals surface area contributed by atoms with E-state index in [4.69, 9.17) is 0 Å². The first-order valence-corrected chi connectivity index (χ1v) is 9.40. The Hall–Kier alpha value is -2.61. The third-order valence-corrected chi connectivity index (χ3v) is 4.08. The zero-order valence-corrected chi connectivity index (χ0v) is 16.4. The van der Waals surface area contributed by atoms with Gasteiger partial charge in [-0.2, -0.15) is 5.10 Å². The predicted octanol–water partition coefficient (Wildman–Crippen LogP) is 1.47. The van der Waals surface area contributed by atoms with E-state index in [1.54, 1.807) is 24.0 Å². The van der Waals surface area contributed by atoms with Gasteiger partial charge in [-0.1, -0.05) is 6.07 Å². The number of aliphatic imine (C=N–C) groups is 1. The average molecular weight is 374 g/mol. The van der Waals surface area contributed by atoms with Crippen LogP contribution in [0.1, 0.15) is 32.3 Å². The van der Waals surface area contributed by atoms with Crippen molar-refractivity contribution < 1.29 is 5.11 Å². The lowest BCUT2D eigenvalue weighted by Gasteiger charge is -2.20. The van der Waals surface area contributed by atoms with Crippen molar-refractivity contribution in [2.45, 2.75) is 32.3 Å². The molecule has 0 amide bonds. The minimum atomic E-state index is -1.05. The van der Waals surface area contributed by atoms with Crippen LogP contribution < -0.4 is 16.0 Å². The van der Waals surface area contributed by atoms with Gasteiger partial charge in [0.2, 0.25) is 0 Å². The van der Waals surface area contributed by atoms with Crippen LogP contribution in [0.25, 0.3) is 0 Å². The van der Waals surface area contributed by atoms with Gasteiger partial charge in [0.1, 0.15) is 11.4 Å². The number of aromatic nitrogens is 3. The number of aryl methyl sites for hydroxylation is 1. The molecule has 0 radical (unpaired) electrons. The summed E-state index contributed by atoms with van der Waals surface area (Å²) < 4.78 is 1.68. The lowest BCUT2D eigenvalue weighted by molar-refractivity contribution is 0.0672. The smallest absolute Gasteiger partial charge is 0.191 e. The number of nitrogens with one attached hydrogen (secondary N) is 3. The number of nitrogens with zero attached hydrogens (tertiary/aromatic N) is 4. The predicted molar refractivity (Wildman–Crippen MR) is 109 cm³/mol. The monoisotopic (exact) mass is 373 g/mol. The standard InChI is InChI=1S/C19H31N7O/c1-4-20-18(24-15-19(2,27)16-13-25-26(3)14-16)23-12-8-7-11-22-17-9-5-6-10-21-17/h5-6,9-10,13-14,27H,4,7-8,11-12,15H2,1-3H3,(H,21,22)(H2,20,23,24). The van der Waals surface area contributed by atoms with E-state index >= 15 is 0 Å². The van der Waals surface area contributed by atoms with Gasteiger partial charge in [0.15, 0.2) is 5.96 Å². The average Bonchev–Trinajstić information content (AvgIpc) is 3.11.